The number of nitrogens with zero attached hydrogens (tertiary/aromatic N) is 3. The molecule has 2 aromatic heterocycles. The summed E-state index contributed by atoms with van der Waals surface area (Å²) in [6, 6.07) is 4.13. The second kappa shape index (κ2) is 5.32. The fourth-order valence-corrected chi connectivity index (χ4v) is 3.23. The maximum Gasteiger partial charge on any atom is 0.112 e. The Morgan fingerprint density at radius 3 is 2.90 bits per heavy atom. The summed E-state index contributed by atoms with van der Waals surface area (Å²) in [4.78, 5) is 11.5. The second-order valence-electron chi connectivity index (χ2n) is 6.36. The summed E-state index contributed by atoms with van der Waals surface area (Å²) in [6.45, 7) is 6.96. The van der Waals surface area contributed by atoms with Gasteiger partial charge in [0.2, 0.25) is 0 Å². The molecule has 0 amide bonds. The Morgan fingerprint density at radius 2 is 2.05 bits per heavy atom. The van der Waals surface area contributed by atoms with Gasteiger partial charge in [0, 0.05) is 30.0 Å². The molecule has 1 fully saturated rings. The number of rotatable bonds is 1. The fourth-order valence-electron chi connectivity index (χ4n) is 2.91. The van der Waals surface area contributed by atoms with Gasteiger partial charge >= 0.3 is 0 Å². The standard InChI is InChI=1S/C16H20BrN3/c1-16(2)5-3-8-20(9-6-16)14-4-7-18-13-10-12(17)11-19-15(13)14/h4,7,10-11H,3,5-6,8-9H2,1-2H3. The predicted molar refractivity (Wildman–Crippen MR) is 87.1 cm³/mol. The Kier molecular flexibility index (Phi) is 3.67. The first-order valence-corrected chi connectivity index (χ1v) is 8.00. The van der Waals surface area contributed by atoms with Crippen molar-refractivity contribution in [3.05, 3.63) is 29.0 Å². The van der Waals surface area contributed by atoms with Crippen LogP contribution in [-0.4, -0.2) is 23.1 Å². The zero-order valence-corrected chi connectivity index (χ0v) is 13.7. The molecule has 0 N–H and O–H groups in total. The van der Waals surface area contributed by atoms with E-state index in [2.05, 4.69) is 50.7 Å². The molecule has 106 valence electrons. The molecule has 20 heavy (non-hydrogen) atoms. The van der Waals surface area contributed by atoms with E-state index >= 15 is 0 Å². The van der Waals surface area contributed by atoms with Crippen LogP contribution in [0.15, 0.2) is 29.0 Å². The topological polar surface area (TPSA) is 29.0 Å². The molecule has 1 aliphatic heterocycles. The lowest BCUT2D eigenvalue weighted by Gasteiger charge is -2.25. The first-order chi connectivity index (χ1) is 9.55. The van der Waals surface area contributed by atoms with E-state index in [0.29, 0.717) is 5.41 Å². The average Bonchev–Trinajstić information content (AvgIpc) is 2.59. The Balaban J connectivity index is 1.97. The molecule has 1 saturated heterocycles. The van der Waals surface area contributed by atoms with Crippen LogP contribution in [0.25, 0.3) is 11.0 Å². The van der Waals surface area contributed by atoms with Gasteiger partial charge < -0.3 is 4.90 Å². The van der Waals surface area contributed by atoms with Crippen molar-refractivity contribution in [2.24, 2.45) is 5.41 Å². The molecule has 0 unspecified atom stereocenters. The number of aromatic nitrogens is 2. The van der Waals surface area contributed by atoms with Crippen LogP contribution in [0.3, 0.4) is 0 Å². The summed E-state index contributed by atoms with van der Waals surface area (Å²) in [5.74, 6) is 0. The lowest BCUT2D eigenvalue weighted by Crippen LogP contribution is -2.25. The summed E-state index contributed by atoms with van der Waals surface area (Å²) in [5.41, 5.74) is 3.64. The van der Waals surface area contributed by atoms with Crippen molar-refractivity contribution >= 4 is 32.7 Å². The van der Waals surface area contributed by atoms with Crippen molar-refractivity contribution in [2.75, 3.05) is 18.0 Å². The third kappa shape index (κ3) is 2.80. The molecule has 3 nitrogen and oxygen atoms in total. The lowest BCUT2D eigenvalue weighted by atomic mass is 9.85. The quantitative estimate of drug-likeness (QED) is 0.774. The van der Waals surface area contributed by atoms with Gasteiger partial charge in [0.1, 0.15) is 5.52 Å². The van der Waals surface area contributed by atoms with E-state index in [9.17, 15) is 0 Å². The van der Waals surface area contributed by atoms with Crippen molar-refractivity contribution < 1.29 is 0 Å². The van der Waals surface area contributed by atoms with Gasteiger partial charge in [-0.1, -0.05) is 13.8 Å². The van der Waals surface area contributed by atoms with Gasteiger partial charge in [-0.3, -0.25) is 9.97 Å². The molecule has 0 atom stereocenters. The van der Waals surface area contributed by atoms with Gasteiger partial charge in [0.05, 0.1) is 11.2 Å². The Morgan fingerprint density at radius 1 is 1.20 bits per heavy atom. The molecule has 1 aliphatic rings. The smallest absolute Gasteiger partial charge is 0.112 e. The highest BCUT2D eigenvalue weighted by Gasteiger charge is 2.24. The zero-order chi connectivity index (χ0) is 14.2. The molecule has 0 saturated carbocycles. The largest absolute Gasteiger partial charge is 0.370 e. The van der Waals surface area contributed by atoms with Gasteiger partial charge in [-0.2, -0.15) is 0 Å². The summed E-state index contributed by atoms with van der Waals surface area (Å²) in [6.07, 6.45) is 7.52. The number of hydrogen-bond donors (Lipinski definition) is 0. The van der Waals surface area contributed by atoms with E-state index in [4.69, 9.17) is 0 Å². The van der Waals surface area contributed by atoms with E-state index in [0.717, 1.165) is 28.6 Å². The normalized spacial score (nSPS) is 19.1. The molecular formula is C16H20BrN3. The first-order valence-electron chi connectivity index (χ1n) is 7.20. The summed E-state index contributed by atoms with van der Waals surface area (Å²) < 4.78 is 0.978. The third-order valence-electron chi connectivity index (χ3n) is 4.20. The van der Waals surface area contributed by atoms with Crippen molar-refractivity contribution in [2.45, 2.75) is 33.1 Å². The predicted octanol–water partition coefficient (Wildman–Crippen LogP) is 4.41. The molecule has 0 aliphatic carbocycles. The van der Waals surface area contributed by atoms with Crippen LogP contribution in [0.5, 0.6) is 0 Å². The van der Waals surface area contributed by atoms with Gasteiger partial charge in [-0.05, 0) is 52.7 Å². The van der Waals surface area contributed by atoms with Crippen LogP contribution in [0.1, 0.15) is 33.1 Å². The molecule has 4 heteroatoms. The number of halogens is 1. The van der Waals surface area contributed by atoms with Gasteiger partial charge in [0.25, 0.3) is 0 Å². The molecular weight excluding hydrogens is 314 g/mol. The van der Waals surface area contributed by atoms with E-state index in [1.165, 1.54) is 24.9 Å². The maximum absolute atomic E-state index is 4.57. The van der Waals surface area contributed by atoms with Crippen LogP contribution in [-0.2, 0) is 0 Å². The summed E-state index contributed by atoms with van der Waals surface area (Å²) >= 11 is 3.46. The molecule has 0 bridgehead atoms. The Labute approximate surface area is 128 Å². The summed E-state index contributed by atoms with van der Waals surface area (Å²) in [7, 11) is 0. The van der Waals surface area contributed by atoms with Crippen LogP contribution in [0, 0.1) is 5.41 Å². The highest BCUT2D eigenvalue weighted by atomic mass is 79.9. The van der Waals surface area contributed by atoms with Crippen LogP contribution in [0.2, 0.25) is 0 Å². The highest BCUT2D eigenvalue weighted by molar-refractivity contribution is 9.10. The minimum atomic E-state index is 0.452. The van der Waals surface area contributed by atoms with E-state index in [1.54, 1.807) is 0 Å². The van der Waals surface area contributed by atoms with E-state index in [1.807, 2.05) is 18.5 Å². The van der Waals surface area contributed by atoms with Crippen molar-refractivity contribution in [1.82, 2.24) is 9.97 Å². The summed E-state index contributed by atoms with van der Waals surface area (Å²) in [5, 5.41) is 0. The number of pyridine rings is 2. The minimum Gasteiger partial charge on any atom is -0.370 e. The zero-order valence-electron chi connectivity index (χ0n) is 12.1. The van der Waals surface area contributed by atoms with E-state index < -0.39 is 0 Å². The fraction of sp³-hybridized carbons (Fsp3) is 0.500. The maximum atomic E-state index is 4.57. The van der Waals surface area contributed by atoms with Gasteiger partial charge in [-0.15, -0.1) is 0 Å². The molecule has 2 aromatic rings. The van der Waals surface area contributed by atoms with Crippen LogP contribution >= 0.6 is 15.9 Å². The average molecular weight is 334 g/mol. The Bertz CT molecular complexity index is 624. The monoisotopic (exact) mass is 333 g/mol. The van der Waals surface area contributed by atoms with Crippen molar-refractivity contribution in [3.8, 4) is 0 Å². The molecule has 3 rings (SSSR count). The van der Waals surface area contributed by atoms with Crippen LogP contribution in [0.4, 0.5) is 5.69 Å². The SMILES string of the molecule is CC1(C)CCCN(c2ccnc3cc(Br)cnc23)CC1. The molecule has 0 spiro atoms. The van der Waals surface area contributed by atoms with Crippen molar-refractivity contribution in [1.29, 1.82) is 0 Å². The Hall–Kier alpha value is -1.16. The third-order valence-corrected chi connectivity index (χ3v) is 4.64. The number of anilines is 1. The number of fused-ring (bicyclic) bond motifs is 1. The van der Waals surface area contributed by atoms with E-state index in [-0.39, 0.29) is 0 Å². The number of hydrogen-bond acceptors (Lipinski definition) is 3. The van der Waals surface area contributed by atoms with Crippen molar-refractivity contribution in [3.63, 3.8) is 0 Å². The highest BCUT2D eigenvalue weighted by Crippen LogP contribution is 2.33. The molecule has 0 radical (unpaired) electrons. The molecule has 0 aromatic carbocycles. The lowest BCUT2D eigenvalue weighted by molar-refractivity contribution is 0.325. The first kappa shape index (κ1) is 13.8. The minimum absolute atomic E-state index is 0.452. The molecule has 3 heterocycles. The van der Waals surface area contributed by atoms with Gasteiger partial charge in [0.15, 0.2) is 0 Å². The van der Waals surface area contributed by atoms with Gasteiger partial charge in [-0.25, -0.2) is 0 Å². The second-order valence-corrected chi connectivity index (χ2v) is 7.27. The van der Waals surface area contributed by atoms with Crippen LogP contribution < -0.4 is 4.90 Å².